The van der Waals surface area contributed by atoms with Gasteiger partial charge >= 0.3 is 11.9 Å². The van der Waals surface area contributed by atoms with Crippen molar-refractivity contribution >= 4 is 22.7 Å². The van der Waals surface area contributed by atoms with Gasteiger partial charge in [-0.1, -0.05) is 18.2 Å². The van der Waals surface area contributed by atoms with Crippen LogP contribution in [0.2, 0.25) is 0 Å². The molecule has 2 rings (SSSR count). The van der Waals surface area contributed by atoms with E-state index in [1.54, 1.807) is 44.2 Å². The number of fused-ring (bicyclic) bond motifs is 1. The minimum atomic E-state index is -0.365. The van der Waals surface area contributed by atoms with Gasteiger partial charge in [-0.25, -0.2) is 9.59 Å². The molecule has 2 aromatic rings. The van der Waals surface area contributed by atoms with E-state index in [0.29, 0.717) is 24.3 Å². The van der Waals surface area contributed by atoms with Gasteiger partial charge in [0.1, 0.15) is 0 Å². The fraction of sp³-hybridized carbons (Fsp3) is 0.250. The highest BCUT2D eigenvalue weighted by Crippen LogP contribution is 2.21. The summed E-state index contributed by atoms with van der Waals surface area (Å²) in [6.45, 7) is 4.19. The highest BCUT2D eigenvalue weighted by atomic mass is 16.5. The van der Waals surface area contributed by atoms with Gasteiger partial charge in [-0.05, 0) is 42.8 Å². The number of rotatable bonds is 4. The van der Waals surface area contributed by atoms with Crippen LogP contribution >= 0.6 is 0 Å². The number of esters is 2. The smallest absolute Gasteiger partial charge is 0.338 e. The first-order valence-corrected chi connectivity index (χ1v) is 6.54. The molecular formula is C16H16O4. The number of ether oxygens (including phenoxy) is 2. The van der Waals surface area contributed by atoms with Crippen molar-refractivity contribution < 1.29 is 19.1 Å². The number of carbonyl (C=O) groups is 2. The first-order valence-electron chi connectivity index (χ1n) is 6.54. The Labute approximate surface area is 117 Å². The summed E-state index contributed by atoms with van der Waals surface area (Å²) >= 11 is 0. The van der Waals surface area contributed by atoms with Crippen LogP contribution in [0.1, 0.15) is 34.6 Å². The molecule has 0 spiro atoms. The fourth-order valence-corrected chi connectivity index (χ4v) is 2.01. The quantitative estimate of drug-likeness (QED) is 0.802. The standard InChI is InChI=1S/C16H16O4/c1-3-19-15(17)12-8-9-13-11(10-12)6-5-7-14(13)16(18)20-4-2/h5-10H,3-4H2,1-2H3. The second-order valence-corrected chi connectivity index (χ2v) is 4.18. The molecule has 0 aliphatic rings. The molecule has 0 N–H and O–H groups in total. The predicted octanol–water partition coefficient (Wildman–Crippen LogP) is 3.19. The van der Waals surface area contributed by atoms with Crippen LogP contribution in [0.15, 0.2) is 36.4 Å². The average Bonchev–Trinajstić information content (AvgIpc) is 2.46. The average molecular weight is 272 g/mol. The molecule has 0 unspecified atom stereocenters. The molecule has 0 heterocycles. The Balaban J connectivity index is 2.45. The second kappa shape index (κ2) is 6.19. The maximum absolute atomic E-state index is 11.9. The molecule has 0 radical (unpaired) electrons. The van der Waals surface area contributed by atoms with Crippen molar-refractivity contribution in [1.29, 1.82) is 0 Å². The minimum Gasteiger partial charge on any atom is -0.462 e. The fourth-order valence-electron chi connectivity index (χ4n) is 2.01. The van der Waals surface area contributed by atoms with Crippen molar-refractivity contribution in [2.24, 2.45) is 0 Å². The Morgan fingerprint density at radius 2 is 1.65 bits per heavy atom. The molecular weight excluding hydrogens is 256 g/mol. The molecule has 0 saturated carbocycles. The predicted molar refractivity (Wildman–Crippen MR) is 75.9 cm³/mol. The van der Waals surface area contributed by atoms with Crippen molar-refractivity contribution in [3.63, 3.8) is 0 Å². The van der Waals surface area contributed by atoms with Crippen LogP contribution in [0, 0.1) is 0 Å². The van der Waals surface area contributed by atoms with Gasteiger partial charge < -0.3 is 9.47 Å². The molecule has 0 atom stereocenters. The Kier molecular flexibility index (Phi) is 4.35. The summed E-state index contributed by atoms with van der Waals surface area (Å²) < 4.78 is 9.98. The van der Waals surface area contributed by atoms with Crippen LogP contribution in [0.25, 0.3) is 10.8 Å². The van der Waals surface area contributed by atoms with Gasteiger partial charge in [-0.2, -0.15) is 0 Å². The lowest BCUT2D eigenvalue weighted by Crippen LogP contribution is -2.06. The molecule has 0 amide bonds. The number of hydrogen-bond acceptors (Lipinski definition) is 4. The third kappa shape index (κ3) is 2.79. The number of benzene rings is 2. The van der Waals surface area contributed by atoms with E-state index in [-0.39, 0.29) is 11.9 Å². The summed E-state index contributed by atoms with van der Waals surface area (Å²) in [5, 5.41) is 1.57. The Morgan fingerprint density at radius 3 is 2.35 bits per heavy atom. The maximum atomic E-state index is 11.9. The van der Waals surface area contributed by atoms with Gasteiger partial charge in [-0.15, -0.1) is 0 Å². The topological polar surface area (TPSA) is 52.6 Å². The molecule has 0 saturated heterocycles. The van der Waals surface area contributed by atoms with Crippen molar-refractivity contribution in [2.45, 2.75) is 13.8 Å². The van der Waals surface area contributed by atoms with Crippen LogP contribution in [0.3, 0.4) is 0 Å². The molecule has 4 heteroatoms. The van der Waals surface area contributed by atoms with Crippen molar-refractivity contribution in [3.05, 3.63) is 47.5 Å². The van der Waals surface area contributed by atoms with Gasteiger partial charge in [0.15, 0.2) is 0 Å². The number of carbonyl (C=O) groups excluding carboxylic acids is 2. The highest BCUT2D eigenvalue weighted by molar-refractivity contribution is 6.06. The van der Waals surface area contributed by atoms with E-state index in [2.05, 4.69) is 0 Å². The molecule has 104 valence electrons. The molecule has 0 aliphatic heterocycles. The maximum Gasteiger partial charge on any atom is 0.338 e. The molecule has 2 aromatic carbocycles. The van der Waals surface area contributed by atoms with Gasteiger partial charge in [-0.3, -0.25) is 0 Å². The van der Waals surface area contributed by atoms with Crippen LogP contribution < -0.4 is 0 Å². The molecule has 0 aromatic heterocycles. The largest absolute Gasteiger partial charge is 0.462 e. The zero-order valence-electron chi connectivity index (χ0n) is 11.5. The summed E-state index contributed by atoms with van der Waals surface area (Å²) in [5.41, 5.74) is 0.972. The third-order valence-corrected chi connectivity index (χ3v) is 2.89. The van der Waals surface area contributed by atoms with Crippen LogP contribution in [-0.4, -0.2) is 25.2 Å². The first-order chi connectivity index (χ1) is 9.67. The van der Waals surface area contributed by atoms with Crippen LogP contribution in [0.5, 0.6) is 0 Å². The van der Waals surface area contributed by atoms with Crippen LogP contribution in [-0.2, 0) is 9.47 Å². The van der Waals surface area contributed by atoms with Crippen molar-refractivity contribution in [3.8, 4) is 0 Å². The number of hydrogen-bond donors (Lipinski definition) is 0. The van der Waals surface area contributed by atoms with E-state index in [0.717, 1.165) is 10.8 Å². The van der Waals surface area contributed by atoms with Gasteiger partial charge in [0.25, 0.3) is 0 Å². The molecule has 0 fully saturated rings. The zero-order chi connectivity index (χ0) is 14.5. The van der Waals surface area contributed by atoms with Gasteiger partial charge in [0.2, 0.25) is 0 Å². The van der Waals surface area contributed by atoms with E-state index >= 15 is 0 Å². The van der Waals surface area contributed by atoms with E-state index in [4.69, 9.17) is 9.47 Å². The normalized spacial score (nSPS) is 10.3. The van der Waals surface area contributed by atoms with E-state index in [1.807, 2.05) is 6.07 Å². The molecule has 4 nitrogen and oxygen atoms in total. The van der Waals surface area contributed by atoms with E-state index in [9.17, 15) is 9.59 Å². The second-order valence-electron chi connectivity index (χ2n) is 4.18. The lowest BCUT2D eigenvalue weighted by atomic mass is 10.0. The Bertz CT molecular complexity index is 646. The summed E-state index contributed by atoms with van der Waals surface area (Å²) in [6.07, 6.45) is 0. The monoisotopic (exact) mass is 272 g/mol. The lowest BCUT2D eigenvalue weighted by Gasteiger charge is -2.07. The summed E-state index contributed by atoms with van der Waals surface area (Å²) in [5.74, 6) is -0.724. The summed E-state index contributed by atoms with van der Waals surface area (Å²) in [4.78, 5) is 23.6. The Morgan fingerprint density at radius 1 is 0.950 bits per heavy atom. The van der Waals surface area contributed by atoms with Crippen LogP contribution in [0.4, 0.5) is 0 Å². The van der Waals surface area contributed by atoms with E-state index in [1.165, 1.54) is 0 Å². The first kappa shape index (κ1) is 14.1. The van der Waals surface area contributed by atoms with Crippen molar-refractivity contribution in [1.82, 2.24) is 0 Å². The van der Waals surface area contributed by atoms with Gasteiger partial charge in [0.05, 0.1) is 24.3 Å². The zero-order valence-corrected chi connectivity index (χ0v) is 11.5. The van der Waals surface area contributed by atoms with Gasteiger partial charge in [0, 0.05) is 0 Å². The third-order valence-electron chi connectivity index (χ3n) is 2.89. The molecule has 0 bridgehead atoms. The minimum absolute atomic E-state index is 0.329. The lowest BCUT2D eigenvalue weighted by molar-refractivity contribution is 0.0519. The SMILES string of the molecule is CCOC(=O)c1ccc2c(C(=O)OCC)cccc2c1. The van der Waals surface area contributed by atoms with Crippen molar-refractivity contribution in [2.75, 3.05) is 13.2 Å². The summed E-state index contributed by atoms with van der Waals surface area (Å²) in [6, 6.07) is 10.4. The summed E-state index contributed by atoms with van der Waals surface area (Å²) in [7, 11) is 0. The molecule has 0 aliphatic carbocycles. The Hall–Kier alpha value is -2.36. The molecule has 20 heavy (non-hydrogen) atoms. The van der Waals surface area contributed by atoms with E-state index < -0.39 is 0 Å². The highest BCUT2D eigenvalue weighted by Gasteiger charge is 2.13.